The van der Waals surface area contributed by atoms with Gasteiger partial charge in [-0.1, -0.05) is 29.8 Å². The minimum Gasteiger partial charge on any atom is -0.348 e. The number of sulfonamides is 1. The van der Waals surface area contributed by atoms with Gasteiger partial charge in [-0.25, -0.2) is 12.7 Å². The minimum atomic E-state index is -3.60. The van der Waals surface area contributed by atoms with Gasteiger partial charge in [0, 0.05) is 31.2 Å². The second-order valence-electron chi connectivity index (χ2n) is 5.58. The first-order valence-corrected chi connectivity index (χ1v) is 9.09. The van der Waals surface area contributed by atoms with E-state index < -0.39 is 10.0 Å². The Morgan fingerprint density at radius 2 is 1.75 bits per heavy atom. The summed E-state index contributed by atoms with van der Waals surface area (Å²) in [7, 11) is -0.676. The van der Waals surface area contributed by atoms with E-state index in [1.807, 2.05) is 12.1 Å². The number of hydrogen-bond acceptors (Lipinski definition) is 3. The Balaban J connectivity index is 2.20. The smallest absolute Gasteiger partial charge is 0.251 e. The van der Waals surface area contributed by atoms with Gasteiger partial charge in [-0.3, -0.25) is 4.79 Å². The van der Waals surface area contributed by atoms with Gasteiger partial charge >= 0.3 is 0 Å². The van der Waals surface area contributed by atoms with E-state index in [9.17, 15) is 13.2 Å². The third-order valence-corrected chi connectivity index (χ3v) is 5.78. The molecule has 0 aliphatic rings. The number of nitrogens with zero attached hydrogens (tertiary/aromatic N) is 1. The van der Waals surface area contributed by atoms with Gasteiger partial charge in [0.1, 0.15) is 0 Å². The molecule has 0 radical (unpaired) electrons. The van der Waals surface area contributed by atoms with Crippen molar-refractivity contribution in [2.24, 2.45) is 0 Å². The molecule has 0 saturated heterocycles. The molecule has 5 nitrogen and oxygen atoms in total. The van der Waals surface area contributed by atoms with Crippen molar-refractivity contribution in [1.29, 1.82) is 0 Å². The van der Waals surface area contributed by atoms with Crippen LogP contribution in [0.3, 0.4) is 0 Å². The van der Waals surface area contributed by atoms with Crippen LogP contribution in [0, 0.1) is 6.92 Å². The predicted octanol–water partition coefficient (Wildman–Crippen LogP) is 2.83. The summed E-state index contributed by atoms with van der Waals surface area (Å²) in [6, 6.07) is 11.8. The first-order chi connectivity index (χ1) is 11.2. The molecule has 2 aromatic rings. The lowest BCUT2D eigenvalue weighted by molar-refractivity contribution is 0.0950. The van der Waals surface area contributed by atoms with E-state index in [4.69, 9.17) is 11.6 Å². The molecule has 0 bridgehead atoms. The second-order valence-corrected chi connectivity index (χ2v) is 8.13. The molecule has 1 N–H and O–H groups in total. The topological polar surface area (TPSA) is 66.5 Å². The zero-order valence-corrected chi connectivity index (χ0v) is 15.3. The lowest BCUT2D eigenvalue weighted by Gasteiger charge is -2.14. The average molecular weight is 367 g/mol. The lowest BCUT2D eigenvalue weighted by atomic mass is 10.1. The number of amides is 1. The number of hydrogen-bond donors (Lipinski definition) is 1. The molecule has 0 unspecified atom stereocenters. The van der Waals surface area contributed by atoms with Crippen molar-refractivity contribution >= 4 is 27.5 Å². The van der Waals surface area contributed by atoms with Gasteiger partial charge in [0.05, 0.1) is 4.90 Å². The van der Waals surface area contributed by atoms with Crippen LogP contribution in [0.15, 0.2) is 47.4 Å². The summed E-state index contributed by atoms with van der Waals surface area (Å²) in [4.78, 5) is 12.4. The largest absolute Gasteiger partial charge is 0.348 e. The van der Waals surface area contributed by atoms with Crippen LogP contribution in [0.5, 0.6) is 0 Å². The Kier molecular flexibility index (Phi) is 5.64. The molecule has 0 spiro atoms. The van der Waals surface area contributed by atoms with Crippen LogP contribution < -0.4 is 5.32 Å². The zero-order valence-electron chi connectivity index (χ0n) is 13.7. The highest BCUT2D eigenvalue weighted by Gasteiger charge is 2.21. The van der Waals surface area contributed by atoms with E-state index in [2.05, 4.69) is 5.32 Å². The van der Waals surface area contributed by atoms with E-state index in [1.165, 1.54) is 20.2 Å². The standard InChI is InChI=1S/C17H19ClN2O3S/c1-12-4-7-14(10-16(12)24(22,23)20(2)3)17(21)19-11-13-5-8-15(18)9-6-13/h4-10H,11H2,1-3H3,(H,19,21). The van der Waals surface area contributed by atoms with Gasteiger partial charge in [-0.15, -0.1) is 0 Å². The molecule has 0 aliphatic carbocycles. The summed E-state index contributed by atoms with van der Waals surface area (Å²) >= 11 is 5.82. The van der Waals surface area contributed by atoms with E-state index in [0.717, 1.165) is 9.87 Å². The molecule has 0 fully saturated rings. The predicted molar refractivity (Wildman–Crippen MR) is 94.7 cm³/mol. The highest BCUT2D eigenvalue weighted by molar-refractivity contribution is 7.89. The average Bonchev–Trinajstić information content (AvgIpc) is 2.54. The van der Waals surface area contributed by atoms with Crippen molar-refractivity contribution in [2.75, 3.05) is 14.1 Å². The normalized spacial score (nSPS) is 11.5. The Hall–Kier alpha value is -1.89. The third-order valence-electron chi connectivity index (χ3n) is 3.58. The fourth-order valence-corrected chi connectivity index (χ4v) is 3.37. The van der Waals surface area contributed by atoms with Crippen LogP contribution >= 0.6 is 11.6 Å². The minimum absolute atomic E-state index is 0.131. The van der Waals surface area contributed by atoms with Gasteiger partial charge in [0.25, 0.3) is 5.91 Å². The maximum absolute atomic E-state index is 12.3. The molecule has 0 aliphatic heterocycles. The summed E-state index contributed by atoms with van der Waals surface area (Å²) in [5.41, 5.74) is 1.80. The number of nitrogens with one attached hydrogen (secondary N) is 1. The molecule has 1 amide bonds. The maximum Gasteiger partial charge on any atom is 0.251 e. The Labute approximate surface area is 147 Å². The highest BCUT2D eigenvalue weighted by Crippen LogP contribution is 2.20. The first kappa shape index (κ1) is 18.4. The molecule has 128 valence electrons. The molecule has 2 rings (SSSR count). The van der Waals surface area contributed by atoms with Crippen molar-refractivity contribution in [1.82, 2.24) is 9.62 Å². The Bertz CT molecular complexity index is 847. The monoisotopic (exact) mass is 366 g/mol. The zero-order chi connectivity index (χ0) is 17.9. The molecular formula is C17H19ClN2O3S. The summed E-state index contributed by atoms with van der Waals surface area (Å²) in [6.45, 7) is 2.03. The number of carbonyl (C=O) groups is 1. The number of halogens is 1. The SMILES string of the molecule is Cc1ccc(C(=O)NCc2ccc(Cl)cc2)cc1S(=O)(=O)N(C)C. The summed E-state index contributed by atoms with van der Waals surface area (Å²) in [6.07, 6.45) is 0. The van der Waals surface area contributed by atoms with Crippen molar-refractivity contribution < 1.29 is 13.2 Å². The third kappa shape index (κ3) is 4.14. The van der Waals surface area contributed by atoms with Gasteiger partial charge < -0.3 is 5.32 Å². The van der Waals surface area contributed by atoms with Crippen LogP contribution in [-0.4, -0.2) is 32.7 Å². The second kappa shape index (κ2) is 7.34. The fraction of sp³-hybridized carbons (Fsp3) is 0.235. The summed E-state index contributed by atoms with van der Waals surface area (Å²) in [5, 5.41) is 3.40. The number of rotatable bonds is 5. The molecule has 24 heavy (non-hydrogen) atoms. The van der Waals surface area contributed by atoms with Gasteiger partial charge in [0.2, 0.25) is 10.0 Å². The molecular weight excluding hydrogens is 348 g/mol. The maximum atomic E-state index is 12.3. The van der Waals surface area contributed by atoms with E-state index in [0.29, 0.717) is 22.7 Å². The van der Waals surface area contributed by atoms with Crippen molar-refractivity contribution in [3.8, 4) is 0 Å². The first-order valence-electron chi connectivity index (χ1n) is 7.27. The van der Waals surface area contributed by atoms with Crippen molar-refractivity contribution in [3.63, 3.8) is 0 Å². The van der Waals surface area contributed by atoms with Crippen molar-refractivity contribution in [2.45, 2.75) is 18.4 Å². The lowest BCUT2D eigenvalue weighted by Crippen LogP contribution is -2.25. The molecule has 0 heterocycles. The van der Waals surface area contributed by atoms with Crippen LogP contribution in [0.4, 0.5) is 0 Å². The fourth-order valence-electron chi connectivity index (χ4n) is 2.10. The quantitative estimate of drug-likeness (QED) is 0.884. The number of aryl methyl sites for hydroxylation is 1. The molecule has 0 saturated carbocycles. The molecule has 2 aromatic carbocycles. The number of carbonyl (C=O) groups excluding carboxylic acids is 1. The van der Waals surface area contributed by atoms with Gasteiger partial charge in [-0.05, 0) is 42.3 Å². The Morgan fingerprint density at radius 1 is 1.12 bits per heavy atom. The molecule has 7 heteroatoms. The van der Waals surface area contributed by atoms with Crippen LogP contribution in [-0.2, 0) is 16.6 Å². The van der Waals surface area contributed by atoms with E-state index in [1.54, 1.807) is 31.2 Å². The van der Waals surface area contributed by atoms with E-state index >= 15 is 0 Å². The molecule has 0 aromatic heterocycles. The summed E-state index contributed by atoms with van der Waals surface area (Å²) in [5.74, 6) is -0.333. The number of benzene rings is 2. The summed E-state index contributed by atoms with van der Waals surface area (Å²) < 4.78 is 25.8. The van der Waals surface area contributed by atoms with Gasteiger partial charge in [-0.2, -0.15) is 0 Å². The molecule has 0 atom stereocenters. The van der Waals surface area contributed by atoms with Crippen LogP contribution in [0.25, 0.3) is 0 Å². The van der Waals surface area contributed by atoms with Crippen LogP contribution in [0.1, 0.15) is 21.5 Å². The van der Waals surface area contributed by atoms with Crippen LogP contribution in [0.2, 0.25) is 5.02 Å². The Morgan fingerprint density at radius 3 is 2.33 bits per heavy atom. The van der Waals surface area contributed by atoms with E-state index in [-0.39, 0.29) is 10.8 Å². The highest BCUT2D eigenvalue weighted by atomic mass is 35.5. The van der Waals surface area contributed by atoms with Gasteiger partial charge in [0.15, 0.2) is 0 Å². The van der Waals surface area contributed by atoms with Crippen molar-refractivity contribution in [3.05, 3.63) is 64.2 Å².